The molecule has 0 spiro atoms. The highest BCUT2D eigenvalue weighted by Crippen LogP contribution is 2.65. The van der Waals surface area contributed by atoms with Gasteiger partial charge in [-0.15, -0.1) is 0 Å². The molecule has 2 bridgehead atoms. The second kappa shape index (κ2) is 5.03. The molecular formula is C15H26BBrO2. The first-order valence-corrected chi connectivity index (χ1v) is 9.00. The van der Waals surface area contributed by atoms with Crippen LogP contribution < -0.4 is 0 Å². The molecule has 1 aliphatic heterocycles. The fraction of sp³-hybridized carbons (Fsp3) is 1.00. The van der Waals surface area contributed by atoms with E-state index in [1.54, 1.807) is 0 Å². The summed E-state index contributed by atoms with van der Waals surface area (Å²) in [7, 11) is 0.0560. The van der Waals surface area contributed by atoms with Crippen molar-refractivity contribution in [1.29, 1.82) is 0 Å². The first-order chi connectivity index (χ1) is 8.98. The minimum absolute atomic E-state index is 0.0155. The Morgan fingerprint density at radius 2 is 1.95 bits per heavy atom. The Labute approximate surface area is 126 Å². The first-order valence-electron chi connectivity index (χ1n) is 7.87. The van der Waals surface area contributed by atoms with Gasteiger partial charge in [0.25, 0.3) is 0 Å². The Morgan fingerprint density at radius 1 is 1.16 bits per heavy atom. The zero-order valence-corrected chi connectivity index (χ0v) is 14.0. The van der Waals surface area contributed by atoms with Gasteiger partial charge in [-0.25, -0.2) is 0 Å². The number of unbranched alkanes of at least 4 members (excludes halogenated alkanes) is 2. The van der Waals surface area contributed by atoms with Crippen molar-refractivity contribution in [3.05, 3.63) is 0 Å². The summed E-state index contributed by atoms with van der Waals surface area (Å²) < 4.78 is 12.6. The molecule has 4 atom stereocenters. The highest BCUT2D eigenvalue weighted by Gasteiger charge is 2.67. The molecule has 108 valence electrons. The van der Waals surface area contributed by atoms with E-state index in [9.17, 15) is 0 Å². The third-order valence-electron chi connectivity index (χ3n) is 6.08. The quantitative estimate of drug-likeness (QED) is 0.426. The van der Waals surface area contributed by atoms with E-state index in [1.165, 1.54) is 32.1 Å². The Bertz CT molecular complexity index is 349. The topological polar surface area (TPSA) is 18.5 Å². The molecular weight excluding hydrogens is 303 g/mol. The van der Waals surface area contributed by atoms with Gasteiger partial charge in [-0.2, -0.15) is 0 Å². The maximum Gasteiger partial charge on any atom is 0.457 e. The van der Waals surface area contributed by atoms with Gasteiger partial charge in [0.15, 0.2) is 0 Å². The van der Waals surface area contributed by atoms with E-state index in [-0.39, 0.29) is 12.7 Å². The number of rotatable bonds is 5. The van der Waals surface area contributed by atoms with Gasteiger partial charge >= 0.3 is 7.12 Å². The number of halogens is 1. The van der Waals surface area contributed by atoms with Crippen LogP contribution in [0.5, 0.6) is 0 Å². The average Bonchev–Trinajstić information content (AvgIpc) is 2.70. The van der Waals surface area contributed by atoms with Crippen molar-refractivity contribution < 1.29 is 9.31 Å². The molecule has 0 N–H and O–H groups in total. The van der Waals surface area contributed by atoms with Gasteiger partial charge in [-0.05, 0) is 49.8 Å². The molecule has 4 fully saturated rings. The standard InChI is InChI=1S/C15H26BBrO2/c1-14(2)11-9-12(14)15(3)13(10-11)18-16(19-15)7-5-4-6-8-17/h11-13H,4-10H2,1-3H3/t11-,12-,13+,15-/m0/s1. The predicted octanol–water partition coefficient (Wildman–Crippen LogP) is 4.28. The molecule has 0 unspecified atom stereocenters. The van der Waals surface area contributed by atoms with E-state index in [4.69, 9.17) is 9.31 Å². The summed E-state index contributed by atoms with van der Waals surface area (Å²) in [5.41, 5.74) is 0.442. The van der Waals surface area contributed by atoms with Gasteiger partial charge < -0.3 is 9.31 Å². The van der Waals surface area contributed by atoms with Crippen LogP contribution in [0.25, 0.3) is 0 Å². The molecule has 3 aliphatic carbocycles. The second-order valence-electron chi connectivity index (χ2n) is 7.44. The summed E-state index contributed by atoms with van der Waals surface area (Å²) in [4.78, 5) is 0. The van der Waals surface area contributed by atoms with E-state index in [1.807, 2.05) is 0 Å². The summed E-state index contributed by atoms with van der Waals surface area (Å²) in [6, 6.07) is 0. The van der Waals surface area contributed by atoms with E-state index in [0.29, 0.717) is 17.4 Å². The molecule has 0 aromatic carbocycles. The van der Waals surface area contributed by atoms with E-state index < -0.39 is 0 Å². The Hall–Kier alpha value is 0.465. The third-order valence-corrected chi connectivity index (χ3v) is 6.64. The third kappa shape index (κ3) is 2.22. The predicted molar refractivity (Wildman–Crippen MR) is 82.6 cm³/mol. The lowest BCUT2D eigenvalue weighted by atomic mass is 9.43. The summed E-state index contributed by atoms with van der Waals surface area (Å²) >= 11 is 3.48. The zero-order chi connectivity index (χ0) is 13.7. The Kier molecular flexibility index (Phi) is 3.81. The van der Waals surface area contributed by atoms with Crippen molar-refractivity contribution in [2.24, 2.45) is 17.3 Å². The Morgan fingerprint density at radius 3 is 2.63 bits per heavy atom. The smallest absolute Gasteiger partial charge is 0.405 e. The van der Waals surface area contributed by atoms with Crippen LogP contribution in [-0.4, -0.2) is 24.2 Å². The number of hydrogen-bond donors (Lipinski definition) is 0. The monoisotopic (exact) mass is 328 g/mol. The van der Waals surface area contributed by atoms with Crippen LogP contribution in [0.15, 0.2) is 0 Å². The van der Waals surface area contributed by atoms with Gasteiger partial charge in [0.05, 0.1) is 11.7 Å². The maximum absolute atomic E-state index is 6.38. The van der Waals surface area contributed by atoms with Gasteiger partial charge in [0, 0.05) is 5.33 Å². The van der Waals surface area contributed by atoms with E-state index in [2.05, 4.69) is 36.7 Å². The molecule has 0 amide bonds. The van der Waals surface area contributed by atoms with Gasteiger partial charge in [0.2, 0.25) is 0 Å². The summed E-state index contributed by atoms with van der Waals surface area (Å²) in [6.45, 7) is 7.14. The van der Waals surface area contributed by atoms with Crippen LogP contribution in [0.3, 0.4) is 0 Å². The summed E-state index contributed by atoms with van der Waals surface area (Å²) in [5, 5.41) is 1.11. The van der Waals surface area contributed by atoms with Crippen LogP contribution in [0.1, 0.15) is 52.9 Å². The lowest BCUT2D eigenvalue weighted by Gasteiger charge is -2.64. The largest absolute Gasteiger partial charge is 0.457 e. The maximum atomic E-state index is 6.38. The lowest BCUT2D eigenvalue weighted by molar-refractivity contribution is -0.199. The van der Waals surface area contributed by atoms with Crippen molar-refractivity contribution >= 4 is 23.0 Å². The van der Waals surface area contributed by atoms with Crippen molar-refractivity contribution in [1.82, 2.24) is 0 Å². The fourth-order valence-corrected chi connectivity index (χ4v) is 5.05. The Balaban J connectivity index is 1.58. The van der Waals surface area contributed by atoms with Gasteiger partial charge in [0.1, 0.15) is 0 Å². The molecule has 4 aliphatic rings. The van der Waals surface area contributed by atoms with Crippen LogP contribution in [0.4, 0.5) is 0 Å². The average molecular weight is 329 g/mol. The fourth-order valence-electron chi connectivity index (χ4n) is 4.66. The molecule has 0 radical (unpaired) electrons. The molecule has 3 saturated carbocycles. The van der Waals surface area contributed by atoms with Gasteiger partial charge in [-0.3, -0.25) is 0 Å². The summed E-state index contributed by atoms with van der Waals surface area (Å²) in [5.74, 6) is 1.54. The molecule has 4 heteroatoms. The highest BCUT2D eigenvalue weighted by molar-refractivity contribution is 9.09. The minimum atomic E-state index is -0.0155. The van der Waals surface area contributed by atoms with Crippen LogP contribution >= 0.6 is 15.9 Å². The summed E-state index contributed by atoms with van der Waals surface area (Å²) in [6.07, 6.45) is 7.72. The van der Waals surface area contributed by atoms with Crippen LogP contribution in [0.2, 0.25) is 6.32 Å². The van der Waals surface area contributed by atoms with Crippen LogP contribution in [-0.2, 0) is 9.31 Å². The van der Waals surface area contributed by atoms with Crippen molar-refractivity contribution in [3.63, 3.8) is 0 Å². The molecule has 2 nitrogen and oxygen atoms in total. The molecule has 4 rings (SSSR count). The molecule has 1 saturated heterocycles. The van der Waals surface area contributed by atoms with Crippen LogP contribution in [0, 0.1) is 17.3 Å². The molecule has 19 heavy (non-hydrogen) atoms. The molecule has 0 aromatic rings. The van der Waals surface area contributed by atoms with Crippen molar-refractivity contribution in [2.45, 2.75) is 70.9 Å². The molecule has 1 heterocycles. The number of hydrogen-bond acceptors (Lipinski definition) is 2. The SMILES string of the molecule is CC1(C)[C@@H]2C[C@H]3OB(CCCCCBr)O[C@@]3(C)[C@H]1C2. The second-order valence-corrected chi connectivity index (χ2v) is 8.23. The lowest BCUT2D eigenvalue weighted by Crippen LogP contribution is -2.65. The molecule has 0 aromatic heterocycles. The first kappa shape index (κ1) is 14.4. The van der Waals surface area contributed by atoms with E-state index in [0.717, 1.165) is 17.6 Å². The minimum Gasteiger partial charge on any atom is -0.405 e. The highest BCUT2D eigenvalue weighted by atomic mass is 79.9. The number of alkyl halides is 1. The normalized spacial score (nSPS) is 42.9. The van der Waals surface area contributed by atoms with Gasteiger partial charge in [-0.1, -0.05) is 42.6 Å². The zero-order valence-electron chi connectivity index (χ0n) is 12.5. The van der Waals surface area contributed by atoms with Crippen molar-refractivity contribution in [3.8, 4) is 0 Å². The van der Waals surface area contributed by atoms with E-state index >= 15 is 0 Å². The van der Waals surface area contributed by atoms with Crippen molar-refractivity contribution in [2.75, 3.05) is 5.33 Å².